The normalized spacial score (nSPS) is 12.9. The highest BCUT2D eigenvalue weighted by Crippen LogP contribution is 2.40. The standard InChI is InChI=1S/C28H26F9NO/c1-16(2)18-5-8-25(39-4)24(12-18)23-7-6-20(26(29,30)31)11-19(23)15-38(3)14-17-9-21(27(32,33)34)13-22(10-17)28(35,36)37/h5-13,16H,14-15H2,1-4H3. The second kappa shape index (κ2) is 11.1. The Hall–Kier alpha value is -3.21. The number of hydrogen-bond donors (Lipinski definition) is 0. The first kappa shape index (κ1) is 30.3. The molecule has 2 nitrogen and oxygen atoms in total. The molecule has 3 aromatic rings. The first-order valence-corrected chi connectivity index (χ1v) is 11.8. The molecule has 0 amide bonds. The van der Waals surface area contributed by atoms with Crippen LogP contribution < -0.4 is 4.74 Å². The molecule has 0 saturated carbocycles. The molecule has 0 radical (unpaired) electrons. The molecule has 0 spiro atoms. The van der Waals surface area contributed by atoms with Gasteiger partial charge in [-0.3, -0.25) is 4.90 Å². The summed E-state index contributed by atoms with van der Waals surface area (Å²) in [4.78, 5) is 1.35. The van der Waals surface area contributed by atoms with Crippen LogP contribution in [0, 0.1) is 0 Å². The molecule has 39 heavy (non-hydrogen) atoms. The molecule has 11 heteroatoms. The van der Waals surface area contributed by atoms with Gasteiger partial charge in [-0.2, -0.15) is 39.5 Å². The van der Waals surface area contributed by atoms with Gasteiger partial charge in [0.15, 0.2) is 0 Å². The number of nitrogens with zero attached hydrogens (tertiary/aromatic N) is 1. The average molecular weight is 564 g/mol. The lowest BCUT2D eigenvalue weighted by molar-refractivity contribution is -0.143. The van der Waals surface area contributed by atoms with E-state index >= 15 is 0 Å². The maximum absolute atomic E-state index is 13.6. The number of alkyl halides is 9. The number of halogens is 9. The molecule has 0 aromatic heterocycles. The third-order valence-electron chi connectivity index (χ3n) is 6.15. The lowest BCUT2D eigenvalue weighted by Gasteiger charge is -2.23. The van der Waals surface area contributed by atoms with Gasteiger partial charge in [0.1, 0.15) is 5.75 Å². The van der Waals surface area contributed by atoms with Crippen molar-refractivity contribution in [3.05, 3.63) is 88.0 Å². The van der Waals surface area contributed by atoms with E-state index in [0.29, 0.717) is 29.0 Å². The fourth-order valence-corrected chi connectivity index (χ4v) is 4.23. The van der Waals surface area contributed by atoms with Crippen molar-refractivity contribution in [3.8, 4) is 16.9 Å². The lowest BCUT2D eigenvalue weighted by Crippen LogP contribution is -2.20. The number of benzene rings is 3. The highest BCUT2D eigenvalue weighted by molar-refractivity contribution is 5.74. The van der Waals surface area contributed by atoms with Crippen LogP contribution in [0.1, 0.15) is 53.1 Å². The molecular weight excluding hydrogens is 537 g/mol. The molecule has 3 rings (SSSR count). The van der Waals surface area contributed by atoms with E-state index in [9.17, 15) is 39.5 Å². The Morgan fingerprint density at radius 3 is 1.72 bits per heavy atom. The third kappa shape index (κ3) is 7.46. The zero-order valence-electron chi connectivity index (χ0n) is 21.4. The second-order valence-electron chi connectivity index (χ2n) is 9.57. The summed E-state index contributed by atoms with van der Waals surface area (Å²) < 4.78 is 126. The van der Waals surface area contributed by atoms with E-state index in [1.807, 2.05) is 19.9 Å². The highest BCUT2D eigenvalue weighted by Gasteiger charge is 2.37. The van der Waals surface area contributed by atoms with Crippen LogP contribution in [0.4, 0.5) is 39.5 Å². The van der Waals surface area contributed by atoms with Crippen molar-refractivity contribution in [2.45, 2.75) is 51.4 Å². The van der Waals surface area contributed by atoms with Crippen LogP contribution in [0.5, 0.6) is 5.75 Å². The maximum atomic E-state index is 13.6. The second-order valence-corrected chi connectivity index (χ2v) is 9.57. The number of rotatable bonds is 7. The van der Waals surface area contributed by atoms with E-state index in [1.165, 1.54) is 25.1 Å². The predicted molar refractivity (Wildman–Crippen MR) is 129 cm³/mol. The molecule has 0 bridgehead atoms. The SMILES string of the molecule is COc1ccc(C(C)C)cc1-c1ccc(C(F)(F)F)cc1CN(C)Cc1cc(C(F)(F)F)cc(C(F)(F)F)c1. The molecule has 0 aliphatic heterocycles. The van der Waals surface area contributed by atoms with Crippen LogP contribution in [-0.2, 0) is 31.6 Å². The van der Waals surface area contributed by atoms with Crippen LogP contribution in [-0.4, -0.2) is 19.1 Å². The number of methoxy groups -OCH3 is 1. The van der Waals surface area contributed by atoms with E-state index in [0.717, 1.165) is 17.7 Å². The highest BCUT2D eigenvalue weighted by atomic mass is 19.4. The zero-order chi connectivity index (χ0) is 29.3. The maximum Gasteiger partial charge on any atom is 0.416 e. The van der Waals surface area contributed by atoms with Crippen molar-refractivity contribution in [2.24, 2.45) is 0 Å². The Labute approximate surface area is 220 Å². The minimum absolute atomic E-state index is 0.0302. The van der Waals surface area contributed by atoms with Gasteiger partial charge in [0.25, 0.3) is 0 Å². The summed E-state index contributed by atoms with van der Waals surface area (Å²) >= 11 is 0. The van der Waals surface area contributed by atoms with Crippen molar-refractivity contribution in [2.75, 3.05) is 14.2 Å². The molecular formula is C28H26F9NO. The van der Waals surface area contributed by atoms with Gasteiger partial charge in [-0.05, 0) is 77.7 Å². The molecule has 0 unspecified atom stereocenters. The Morgan fingerprint density at radius 2 is 1.23 bits per heavy atom. The average Bonchev–Trinajstić information content (AvgIpc) is 2.81. The topological polar surface area (TPSA) is 12.5 Å². The van der Waals surface area contributed by atoms with Crippen molar-refractivity contribution >= 4 is 0 Å². The molecule has 0 heterocycles. The largest absolute Gasteiger partial charge is 0.496 e. The van der Waals surface area contributed by atoms with Crippen molar-refractivity contribution in [1.82, 2.24) is 4.90 Å². The zero-order valence-corrected chi connectivity index (χ0v) is 21.4. The molecule has 0 saturated heterocycles. The van der Waals surface area contributed by atoms with Gasteiger partial charge in [0, 0.05) is 18.7 Å². The monoisotopic (exact) mass is 563 g/mol. The summed E-state index contributed by atoms with van der Waals surface area (Å²) in [6, 6.07) is 9.69. The Balaban J connectivity index is 2.07. The van der Waals surface area contributed by atoms with Gasteiger partial charge < -0.3 is 4.74 Å². The van der Waals surface area contributed by atoms with E-state index in [1.54, 1.807) is 12.1 Å². The van der Waals surface area contributed by atoms with Crippen LogP contribution in [0.25, 0.3) is 11.1 Å². The summed E-state index contributed by atoms with van der Waals surface area (Å²) in [5, 5.41) is 0. The first-order valence-electron chi connectivity index (χ1n) is 11.8. The van der Waals surface area contributed by atoms with E-state index in [2.05, 4.69) is 0 Å². The van der Waals surface area contributed by atoms with Crippen LogP contribution in [0.3, 0.4) is 0 Å². The Kier molecular flexibility index (Phi) is 8.64. The smallest absolute Gasteiger partial charge is 0.416 e. The summed E-state index contributed by atoms with van der Waals surface area (Å²) in [7, 11) is 2.81. The quantitative estimate of drug-likeness (QED) is 0.266. The molecule has 3 aromatic carbocycles. The van der Waals surface area contributed by atoms with Crippen LogP contribution in [0.2, 0.25) is 0 Å². The van der Waals surface area contributed by atoms with E-state index in [4.69, 9.17) is 4.74 Å². The van der Waals surface area contributed by atoms with Gasteiger partial charge in [0.05, 0.1) is 23.8 Å². The predicted octanol–water partition coefficient (Wildman–Crippen LogP) is 9.17. The van der Waals surface area contributed by atoms with Gasteiger partial charge >= 0.3 is 18.5 Å². The molecule has 0 N–H and O–H groups in total. The molecule has 0 atom stereocenters. The Morgan fingerprint density at radius 1 is 0.667 bits per heavy atom. The molecule has 0 aliphatic rings. The van der Waals surface area contributed by atoms with Gasteiger partial charge in [-0.1, -0.05) is 26.0 Å². The summed E-state index contributed by atoms with van der Waals surface area (Å²) in [5.74, 6) is 0.495. The van der Waals surface area contributed by atoms with E-state index in [-0.39, 0.29) is 36.2 Å². The lowest BCUT2D eigenvalue weighted by atomic mass is 9.92. The fraction of sp³-hybridized carbons (Fsp3) is 0.357. The third-order valence-corrected chi connectivity index (χ3v) is 6.15. The van der Waals surface area contributed by atoms with E-state index < -0.39 is 35.2 Å². The van der Waals surface area contributed by atoms with Crippen LogP contribution >= 0.6 is 0 Å². The van der Waals surface area contributed by atoms with Gasteiger partial charge in [-0.25, -0.2) is 0 Å². The Bertz CT molecular complexity index is 1280. The molecule has 0 fully saturated rings. The molecule has 0 aliphatic carbocycles. The van der Waals surface area contributed by atoms with Crippen molar-refractivity contribution < 1.29 is 44.3 Å². The molecule has 212 valence electrons. The summed E-state index contributed by atoms with van der Waals surface area (Å²) in [5.41, 5.74) is -2.16. The summed E-state index contributed by atoms with van der Waals surface area (Å²) in [6.07, 6.45) is -14.7. The van der Waals surface area contributed by atoms with Gasteiger partial charge in [0.2, 0.25) is 0 Å². The van der Waals surface area contributed by atoms with Crippen LogP contribution in [0.15, 0.2) is 54.6 Å². The number of ether oxygens (including phenoxy) is 1. The minimum atomic E-state index is -5.01. The first-order chi connectivity index (χ1) is 17.9. The summed E-state index contributed by atoms with van der Waals surface area (Å²) in [6.45, 7) is 3.30. The number of hydrogen-bond acceptors (Lipinski definition) is 2. The minimum Gasteiger partial charge on any atom is -0.496 e. The fourth-order valence-electron chi connectivity index (χ4n) is 4.23. The van der Waals surface area contributed by atoms with Gasteiger partial charge in [-0.15, -0.1) is 0 Å². The van der Waals surface area contributed by atoms with Crippen molar-refractivity contribution in [3.63, 3.8) is 0 Å². The van der Waals surface area contributed by atoms with Crippen molar-refractivity contribution in [1.29, 1.82) is 0 Å².